The van der Waals surface area contributed by atoms with Crippen LogP contribution in [0.4, 0.5) is 0 Å². The van der Waals surface area contributed by atoms with E-state index in [9.17, 15) is 4.79 Å². The highest BCUT2D eigenvalue weighted by Crippen LogP contribution is 2.25. The van der Waals surface area contributed by atoms with Crippen molar-refractivity contribution < 1.29 is 18.4 Å². The van der Waals surface area contributed by atoms with Crippen LogP contribution in [0.25, 0.3) is 0 Å². The molecule has 0 saturated carbocycles. The quantitative estimate of drug-likeness (QED) is 0.783. The Bertz CT molecular complexity index is 418. The van der Waals surface area contributed by atoms with Gasteiger partial charge in [0.15, 0.2) is 0 Å². The van der Waals surface area contributed by atoms with Gasteiger partial charge in [-0.25, -0.2) is 0 Å². The van der Waals surface area contributed by atoms with E-state index >= 15 is 0 Å². The van der Waals surface area contributed by atoms with Crippen molar-refractivity contribution >= 4 is 21.9 Å². The van der Waals surface area contributed by atoms with Gasteiger partial charge in [-0.05, 0) is 33.6 Å². The third-order valence-electron chi connectivity index (χ3n) is 1.68. The number of benzene rings is 1. The minimum atomic E-state index is -2.49. The first-order valence-corrected chi connectivity index (χ1v) is 4.65. The SMILES string of the molecule is [2H]C([2H])([2H])Oc1ccc(CC(=O)OC)cc1Br. The maximum Gasteiger partial charge on any atom is 0.309 e. The zero-order chi connectivity index (χ0) is 13.1. The maximum atomic E-state index is 11.0. The van der Waals surface area contributed by atoms with E-state index in [-0.39, 0.29) is 18.1 Å². The van der Waals surface area contributed by atoms with Crippen LogP contribution >= 0.6 is 15.9 Å². The molecule has 0 atom stereocenters. The van der Waals surface area contributed by atoms with Gasteiger partial charge in [0.2, 0.25) is 0 Å². The molecule has 1 rings (SSSR count). The summed E-state index contributed by atoms with van der Waals surface area (Å²) in [4.78, 5) is 11.0. The summed E-state index contributed by atoms with van der Waals surface area (Å²) in [5.74, 6) is -0.153. The van der Waals surface area contributed by atoms with Crippen molar-refractivity contribution in [2.75, 3.05) is 14.1 Å². The number of carbonyl (C=O) groups excluding carboxylic acids is 1. The number of rotatable bonds is 3. The first-order valence-electron chi connectivity index (χ1n) is 5.36. The largest absolute Gasteiger partial charge is 0.496 e. The Morgan fingerprint density at radius 1 is 1.64 bits per heavy atom. The topological polar surface area (TPSA) is 35.5 Å². The summed E-state index contributed by atoms with van der Waals surface area (Å²) in [5, 5.41) is 0. The monoisotopic (exact) mass is 261 g/mol. The fourth-order valence-electron chi connectivity index (χ4n) is 0.976. The van der Waals surface area contributed by atoms with E-state index in [2.05, 4.69) is 20.7 Å². The number of methoxy groups -OCH3 is 2. The number of halogens is 1. The van der Waals surface area contributed by atoms with E-state index in [1.54, 1.807) is 12.1 Å². The number of hydrogen-bond donors (Lipinski definition) is 0. The normalized spacial score (nSPS) is 13.7. The summed E-state index contributed by atoms with van der Waals surface area (Å²) in [7, 11) is -1.18. The van der Waals surface area contributed by atoms with Crippen LogP contribution in [0, 0.1) is 0 Å². The molecule has 1 aromatic rings. The molecule has 1 aromatic carbocycles. The smallest absolute Gasteiger partial charge is 0.309 e. The highest BCUT2D eigenvalue weighted by molar-refractivity contribution is 9.10. The molecule has 0 amide bonds. The second kappa shape index (κ2) is 5.00. The molecule has 0 heterocycles. The lowest BCUT2D eigenvalue weighted by molar-refractivity contribution is -0.139. The summed E-state index contributed by atoms with van der Waals surface area (Å²) >= 11 is 3.18. The highest BCUT2D eigenvalue weighted by atomic mass is 79.9. The van der Waals surface area contributed by atoms with Gasteiger partial charge < -0.3 is 9.47 Å². The molecule has 4 heteroatoms. The Kier molecular flexibility index (Phi) is 2.60. The molecule has 0 aliphatic heterocycles. The van der Waals surface area contributed by atoms with Gasteiger partial charge in [-0.2, -0.15) is 0 Å². The Labute approximate surface area is 95.4 Å². The Balaban J connectivity index is 2.83. The molecule has 0 aliphatic carbocycles. The lowest BCUT2D eigenvalue weighted by Gasteiger charge is -2.05. The van der Waals surface area contributed by atoms with Crippen LogP contribution in [0.3, 0.4) is 0 Å². The number of esters is 1. The molecular formula is C10H11BrO3. The van der Waals surface area contributed by atoms with Crippen molar-refractivity contribution in [3.8, 4) is 5.75 Å². The van der Waals surface area contributed by atoms with Gasteiger partial charge in [0, 0.05) is 0 Å². The summed E-state index contributed by atoms with van der Waals surface area (Å²) in [6.45, 7) is 0. The molecular weight excluding hydrogens is 248 g/mol. The molecule has 0 spiro atoms. The van der Waals surface area contributed by atoms with Gasteiger partial charge in [0.05, 0.1) is 29.2 Å². The van der Waals surface area contributed by atoms with Gasteiger partial charge >= 0.3 is 5.97 Å². The van der Waals surface area contributed by atoms with E-state index in [0.717, 1.165) is 0 Å². The van der Waals surface area contributed by atoms with E-state index in [1.807, 2.05) is 0 Å². The predicted molar refractivity (Wildman–Crippen MR) is 56.4 cm³/mol. The van der Waals surface area contributed by atoms with Crippen LogP contribution in [0.2, 0.25) is 0 Å². The van der Waals surface area contributed by atoms with E-state index < -0.39 is 7.04 Å². The predicted octanol–water partition coefficient (Wildman–Crippen LogP) is 2.17. The summed E-state index contributed by atoms with van der Waals surface area (Å²) in [6.07, 6.45) is 0.128. The molecule has 3 nitrogen and oxygen atoms in total. The summed E-state index contributed by atoms with van der Waals surface area (Å²) < 4.78 is 30.7. The van der Waals surface area contributed by atoms with Gasteiger partial charge in [-0.3, -0.25) is 4.79 Å². The molecule has 0 fully saturated rings. The molecule has 0 N–H and O–H groups in total. The van der Waals surface area contributed by atoms with Crippen molar-refractivity contribution in [1.82, 2.24) is 0 Å². The lowest BCUT2D eigenvalue weighted by atomic mass is 10.1. The number of hydrogen-bond acceptors (Lipinski definition) is 3. The van der Waals surface area contributed by atoms with Crippen molar-refractivity contribution in [3.63, 3.8) is 0 Å². The van der Waals surface area contributed by atoms with Gasteiger partial charge in [-0.15, -0.1) is 0 Å². The summed E-state index contributed by atoms with van der Waals surface area (Å²) in [5.41, 5.74) is 0.710. The fourth-order valence-corrected chi connectivity index (χ4v) is 1.48. The molecule has 0 unspecified atom stereocenters. The van der Waals surface area contributed by atoms with Crippen LogP contribution < -0.4 is 4.74 Å². The number of ether oxygens (including phenoxy) is 2. The van der Waals surface area contributed by atoms with Gasteiger partial charge in [0.25, 0.3) is 0 Å². The molecule has 0 saturated heterocycles. The average molecular weight is 262 g/mol. The van der Waals surface area contributed by atoms with Crippen LogP contribution in [0.1, 0.15) is 9.68 Å². The van der Waals surface area contributed by atoms with E-state index in [0.29, 0.717) is 10.0 Å². The van der Waals surface area contributed by atoms with Crippen molar-refractivity contribution in [3.05, 3.63) is 28.2 Å². The average Bonchev–Trinajstić information content (AvgIpc) is 2.20. The third kappa shape index (κ3) is 2.73. The molecule has 76 valence electrons. The second-order valence-electron chi connectivity index (χ2n) is 2.62. The van der Waals surface area contributed by atoms with Crippen molar-refractivity contribution in [1.29, 1.82) is 0 Å². The lowest BCUT2D eigenvalue weighted by Crippen LogP contribution is -2.04. The van der Waals surface area contributed by atoms with Crippen LogP contribution in [0.5, 0.6) is 5.75 Å². The van der Waals surface area contributed by atoms with Crippen LogP contribution in [-0.4, -0.2) is 20.1 Å². The Hall–Kier alpha value is -1.03. The van der Waals surface area contributed by atoms with Crippen LogP contribution in [-0.2, 0) is 16.0 Å². The molecule has 0 radical (unpaired) electrons. The van der Waals surface area contributed by atoms with E-state index in [1.165, 1.54) is 13.2 Å². The first kappa shape index (κ1) is 7.29. The van der Waals surface area contributed by atoms with Crippen molar-refractivity contribution in [2.45, 2.75) is 6.42 Å². The highest BCUT2D eigenvalue weighted by Gasteiger charge is 2.05. The molecule has 0 aliphatic rings. The van der Waals surface area contributed by atoms with Crippen LogP contribution in [0.15, 0.2) is 22.7 Å². The molecule has 0 bridgehead atoms. The third-order valence-corrected chi connectivity index (χ3v) is 2.30. The minimum Gasteiger partial charge on any atom is -0.496 e. The molecule has 0 aromatic heterocycles. The van der Waals surface area contributed by atoms with Gasteiger partial charge in [0.1, 0.15) is 5.75 Å². The zero-order valence-electron chi connectivity index (χ0n) is 10.5. The Morgan fingerprint density at radius 2 is 2.43 bits per heavy atom. The fraction of sp³-hybridized carbons (Fsp3) is 0.300. The standard InChI is InChI=1S/C10H11BrO3/c1-13-9-4-3-7(5-8(9)11)6-10(12)14-2/h3-5H,6H2,1-2H3/i1D3. The maximum absolute atomic E-state index is 11.0. The summed E-state index contributed by atoms with van der Waals surface area (Å²) in [6, 6.07) is 4.73. The van der Waals surface area contributed by atoms with Crippen molar-refractivity contribution in [2.24, 2.45) is 0 Å². The molecule has 14 heavy (non-hydrogen) atoms. The number of carbonyl (C=O) groups is 1. The van der Waals surface area contributed by atoms with E-state index in [4.69, 9.17) is 8.85 Å². The zero-order valence-corrected chi connectivity index (χ0v) is 9.13. The first-order chi connectivity index (χ1) is 7.81. The Morgan fingerprint density at radius 3 is 3.00 bits per heavy atom. The van der Waals surface area contributed by atoms with Gasteiger partial charge in [-0.1, -0.05) is 6.07 Å². The minimum absolute atomic E-state index is 0.128. The second-order valence-corrected chi connectivity index (χ2v) is 3.47.